The molecule has 5 atom stereocenters. The zero-order valence-corrected chi connectivity index (χ0v) is 44.3. The lowest BCUT2D eigenvalue weighted by molar-refractivity contribution is -0.156. The van der Waals surface area contributed by atoms with Gasteiger partial charge in [-0.3, -0.25) is 29.2 Å². The number of piperidine rings is 1. The number of hydrogen-bond donors (Lipinski definition) is 2. The van der Waals surface area contributed by atoms with Gasteiger partial charge in [-0.15, -0.1) is 0 Å². The lowest BCUT2D eigenvalue weighted by Crippen LogP contribution is -2.63. The molecule has 0 radical (unpaired) electrons. The second-order valence-electron chi connectivity index (χ2n) is 21.5. The Kier molecular flexibility index (Phi) is 16.8. The van der Waals surface area contributed by atoms with Crippen LogP contribution in [0.25, 0.3) is 22.2 Å². The van der Waals surface area contributed by atoms with Crippen LogP contribution in [0, 0.1) is 11.3 Å². The molecule has 0 unspecified atom stereocenters. The third-order valence-electron chi connectivity index (χ3n) is 15.3. The summed E-state index contributed by atoms with van der Waals surface area (Å²) in [4.78, 5) is 82.6. The van der Waals surface area contributed by atoms with Gasteiger partial charge in [0.05, 0.1) is 55.6 Å². The molecule has 2 N–H and O–H groups in total. The number of urea groups is 1. The minimum Gasteiger partial charge on any atom is -0.464 e. The Balaban J connectivity index is 1.06. The zero-order chi connectivity index (χ0) is 52.2. The second kappa shape index (κ2) is 22.9. The van der Waals surface area contributed by atoms with Crippen LogP contribution in [-0.4, -0.2) is 176 Å². The minimum atomic E-state index is -1.06. The second-order valence-corrected chi connectivity index (χ2v) is 21.5. The van der Waals surface area contributed by atoms with Crippen molar-refractivity contribution in [3.63, 3.8) is 0 Å². The molecule has 398 valence electrons. The number of hydrogen-bond acceptors (Lipinski definition) is 13. The van der Waals surface area contributed by atoms with E-state index in [0.717, 1.165) is 39.1 Å². The third-order valence-corrected chi connectivity index (χ3v) is 15.3. The number of hydrazine groups is 1. The lowest BCUT2D eigenvalue weighted by atomic mass is 9.84. The first-order valence-electron chi connectivity index (χ1n) is 26.1. The smallest absolute Gasteiger partial charge is 0.324 e. The van der Waals surface area contributed by atoms with E-state index < -0.39 is 53.0 Å². The summed E-state index contributed by atoms with van der Waals surface area (Å²) in [7, 11) is 4.89. The number of nitrogens with one attached hydrogen (secondary N) is 2. The molecule has 1 spiro atoms. The molecule has 2 aromatic heterocycles. The summed E-state index contributed by atoms with van der Waals surface area (Å²) in [6.45, 7) is 16.5. The molecule has 3 aromatic rings. The Bertz CT molecular complexity index is 2520. The summed E-state index contributed by atoms with van der Waals surface area (Å²) >= 11 is 0. The van der Waals surface area contributed by atoms with E-state index in [-0.39, 0.29) is 43.7 Å². The van der Waals surface area contributed by atoms with E-state index in [0.29, 0.717) is 91.1 Å². The number of likely N-dealkylation sites (N-methyl/N-ethyl adjacent to an activating group) is 1. The van der Waals surface area contributed by atoms with E-state index in [1.54, 1.807) is 43.3 Å². The number of pyridine rings is 1. The number of morpholine rings is 1. The molecular formula is C54H77N9O10. The van der Waals surface area contributed by atoms with Crippen LogP contribution < -0.4 is 15.6 Å². The number of methoxy groups -OCH3 is 2. The number of benzene rings is 1. The van der Waals surface area contributed by atoms with Crippen LogP contribution in [-0.2, 0) is 55.8 Å². The van der Waals surface area contributed by atoms with Crippen molar-refractivity contribution >= 4 is 46.3 Å². The summed E-state index contributed by atoms with van der Waals surface area (Å²) in [6, 6.07) is 7.54. The molecule has 5 aliphatic rings. The summed E-state index contributed by atoms with van der Waals surface area (Å²) in [6.07, 6.45) is 7.04. The van der Waals surface area contributed by atoms with Crippen molar-refractivity contribution in [2.75, 3.05) is 92.0 Å². The standard InChI is InChI=1S/C54H77N9O10/c1-10-62-44-18-17-37-28-40(44)41(48(62)39-14-11-21-55-46(39)36(4)70-9)30-53(5,6)33-72-51(67)42-15-12-22-63(57-42)50(66)43(29-38-31-60(37)25-27-71-38)56-49(65)47(35(2)3)58(7)52(68)59-23-19-54(20-24-59)32-61(34-73-54)45(64)16-13-26-69-8/h11,13-14,16-18,21,28,35-36,38,42-43,47,57H,10,12,15,19-20,22-27,29-34H2,1-9H3,(H,56,65)/b16-13+/t36-,38-,42-,43-,47-/m0/s1. The molecule has 4 saturated heterocycles. The molecular weight excluding hydrogens is 935 g/mol. The highest BCUT2D eigenvalue weighted by atomic mass is 16.5. The Morgan fingerprint density at radius 3 is 2.56 bits per heavy atom. The monoisotopic (exact) mass is 1010 g/mol. The number of aromatic nitrogens is 2. The number of amides is 5. The van der Waals surface area contributed by atoms with E-state index in [1.807, 2.05) is 26.8 Å². The van der Waals surface area contributed by atoms with Crippen LogP contribution >= 0.6 is 0 Å². The average molecular weight is 1010 g/mol. The summed E-state index contributed by atoms with van der Waals surface area (Å²) in [5, 5.41) is 5.62. The van der Waals surface area contributed by atoms with E-state index in [4.69, 9.17) is 28.7 Å². The molecule has 19 nitrogen and oxygen atoms in total. The van der Waals surface area contributed by atoms with Crippen molar-refractivity contribution in [2.45, 2.75) is 123 Å². The molecule has 4 fully saturated rings. The van der Waals surface area contributed by atoms with Gasteiger partial charge in [-0.05, 0) is 87.8 Å². The Hall–Kier alpha value is -5.60. The number of fused-ring (bicyclic) bond motifs is 6. The number of esters is 1. The fraction of sp³-hybridized carbons (Fsp3) is 0.630. The number of ether oxygens (including phenoxy) is 5. The van der Waals surface area contributed by atoms with Gasteiger partial charge in [0, 0.05) is 107 Å². The van der Waals surface area contributed by atoms with Crippen molar-refractivity contribution in [1.82, 2.24) is 40.0 Å². The maximum Gasteiger partial charge on any atom is 0.324 e. The number of rotatable bonds is 11. The number of cyclic esters (lactones) is 1. The van der Waals surface area contributed by atoms with Crippen molar-refractivity contribution in [2.24, 2.45) is 11.3 Å². The van der Waals surface area contributed by atoms with Gasteiger partial charge < -0.3 is 53.2 Å². The molecule has 73 heavy (non-hydrogen) atoms. The van der Waals surface area contributed by atoms with Gasteiger partial charge in [0.15, 0.2) is 0 Å². The van der Waals surface area contributed by atoms with Crippen LogP contribution in [0.2, 0.25) is 0 Å². The fourth-order valence-electron chi connectivity index (χ4n) is 11.3. The maximum atomic E-state index is 14.8. The highest BCUT2D eigenvalue weighted by Crippen LogP contribution is 2.42. The number of carbonyl (C=O) groups is 5. The summed E-state index contributed by atoms with van der Waals surface area (Å²) in [5.41, 5.74) is 8.19. The number of anilines is 1. The first kappa shape index (κ1) is 53.7. The summed E-state index contributed by atoms with van der Waals surface area (Å²) in [5.74, 6) is -1.80. The van der Waals surface area contributed by atoms with Crippen molar-refractivity contribution in [3.05, 3.63) is 59.9 Å². The van der Waals surface area contributed by atoms with Gasteiger partial charge in [0.1, 0.15) is 24.9 Å². The van der Waals surface area contributed by atoms with Crippen LogP contribution in [0.4, 0.5) is 10.5 Å². The maximum absolute atomic E-state index is 14.8. The van der Waals surface area contributed by atoms with Gasteiger partial charge in [-0.25, -0.2) is 10.2 Å². The van der Waals surface area contributed by atoms with E-state index in [9.17, 15) is 24.0 Å². The fourth-order valence-corrected chi connectivity index (χ4v) is 11.3. The molecule has 0 saturated carbocycles. The van der Waals surface area contributed by atoms with Crippen LogP contribution in [0.5, 0.6) is 0 Å². The van der Waals surface area contributed by atoms with Gasteiger partial charge >= 0.3 is 12.0 Å². The predicted octanol–water partition coefficient (Wildman–Crippen LogP) is 5.06. The molecule has 0 aliphatic carbocycles. The van der Waals surface area contributed by atoms with Crippen molar-refractivity contribution < 1.29 is 47.7 Å². The van der Waals surface area contributed by atoms with Gasteiger partial charge in [-0.2, -0.15) is 0 Å². The topological polar surface area (TPSA) is 190 Å². The van der Waals surface area contributed by atoms with Crippen LogP contribution in [0.3, 0.4) is 0 Å². The van der Waals surface area contributed by atoms with E-state index in [1.165, 1.54) is 16.0 Å². The van der Waals surface area contributed by atoms with E-state index in [2.05, 4.69) is 65.2 Å². The minimum absolute atomic E-state index is 0.135. The number of likely N-dealkylation sites (tertiary alicyclic amines) is 1. The molecule has 5 amide bonds. The Morgan fingerprint density at radius 2 is 1.84 bits per heavy atom. The first-order valence-corrected chi connectivity index (χ1v) is 26.1. The number of aryl methyl sites for hydroxylation is 1. The highest BCUT2D eigenvalue weighted by Gasteiger charge is 2.46. The SMILES string of the molecule is CCn1c(-c2cccnc2[C@H](C)OC)c2c3cc(ccc31)N1CCO[C@@H](C[C@H](NC(=O)[C@H](C(C)C)N(C)C(=O)N3CCC4(CC3)CN(C(=O)/C=C/COC)CO4)C(=O)N3CCC[C@H](N3)C(=O)OCC(C)(C)C2)C1. The zero-order valence-electron chi connectivity index (χ0n) is 44.3. The highest BCUT2D eigenvalue weighted by molar-refractivity contribution is 5.95. The molecule has 5 aliphatic heterocycles. The van der Waals surface area contributed by atoms with Crippen LogP contribution in [0.1, 0.15) is 91.0 Å². The van der Waals surface area contributed by atoms with Crippen LogP contribution in [0.15, 0.2) is 48.7 Å². The van der Waals surface area contributed by atoms with Gasteiger partial charge in [0.25, 0.3) is 5.91 Å². The number of nitrogens with zero attached hydrogens (tertiary/aromatic N) is 7. The number of carbonyl (C=O) groups excluding carboxylic acids is 5. The molecule has 6 bridgehead atoms. The molecule has 19 heteroatoms. The van der Waals surface area contributed by atoms with E-state index >= 15 is 0 Å². The van der Waals surface area contributed by atoms with Gasteiger partial charge in [-0.1, -0.05) is 33.8 Å². The predicted molar refractivity (Wildman–Crippen MR) is 275 cm³/mol. The Labute approximate surface area is 429 Å². The Morgan fingerprint density at radius 1 is 1.05 bits per heavy atom. The largest absolute Gasteiger partial charge is 0.464 e. The third kappa shape index (κ3) is 11.7. The lowest BCUT2D eigenvalue weighted by Gasteiger charge is -2.41. The molecule has 7 heterocycles. The average Bonchev–Trinajstić information content (AvgIpc) is 3.94. The first-order chi connectivity index (χ1) is 35.0. The molecule has 1 aromatic carbocycles. The normalized spacial score (nSPS) is 23.5. The molecule has 8 rings (SSSR count). The quantitative estimate of drug-likeness (QED) is 0.192. The summed E-state index contributed by atoms with van der Waals surface area (Å²) < 4.78 is 32.0. The van der Waals surface area contributed by atoms with Crippen molar-refractivity contribution in [3.8, 4) is 11.3 Å². The van der Waals surface area contributed by atoms with Gasteiger partial charge in [0.2, 0.25) is 11.8 Å². The van der Waals surface area contributed by atoms with Crippen molar-refractivity contribution in [1.29, 1.82) is 0 Å².